The fourth-order valence-corrected chi connectivity index (χ4v) is 3.55. The van der Waals surface area contributed by atoms with Gasteiger partial charge in [0.05, 0.1) is 6.26 Å². The SMILES string of the molecule is CC(C)(C)c1ccccc1NC(=O)CCN(Cc1cccnc1)S(C)(=O)=O. The van der Waals surface area contributed by atoms with Gasteiger partial charge in [0.15, 0.2) is 0 Å². The van der Waals surface area contributed by atoms with Crippen molar-refractivity contribution in [3.05, 3.63) is 59.9 Å². The molecule has 1 heterocycles. The van der Waals surface area contributed by atoms with Crippen molar-refractivity contribution < 1.29 is 13.2 Å². The molecule has 6 nitrogen and oxygen atoms in total. The number of hydrogen-bond donors (Lipinski definition) is 1. The maximum atomic E-state index is 12.4. The molecule has 7 heteroatoms. The molecule has 0 bridgehead atoms. The molecule has 0 saturated heterocycles. The minimum absolute atomic E-state index is 0.0752. The van der Waals surface area contributed by atoms with Gasteiger partial charge in [0.2, 0.25) is 15.9 Å². The molecule has 1 aromatic carbocycles. The number of carbonyl (C=O) groups is 1. The second-order valence-electron chi connectivity index (χ2n) is 7.55. The first kappa shape index (κ1) is 21.1. The lowest BCUT2D eigenvalue weighted by Crippen LogP contribution is -2.32. The van der Waals surface area contributed by atoms with Crippen LogP contribution in [0.4, 0.5) is 5.69 Å². The first-order valence-electron chi connectivity index (χ1n) is 8.81. The number of pyridine rings is 1. The number of anilines is 1. The van der Waals surface area contributed by atoms with Crippen molar-refractivity contribution in [2.75, 3.05) is 18.1 Å². The lowest BCUT2D eigenvalue weighted by atomic mass is 9.86. The third-order valence-corrected chi connectivity index (χ3v) is 5.40. The molecular formula is C20H27N3O3S. The van der Waals surface area contributed by atoms with Crippen molar-refractivity contribution in [3.8, 4) is 0 Å². The number of amides is 1. The van der Waals surface area contributed by atoms with Crippen molar-refractivity contribution in [2.24, 2.45) is 0 Å². The quantitative estimate of drug-likeness (QED) is 0.789. The van der Waals surface area contributed by atoms with Gasteiger partial charge >= 0.3 is 0 Å². The maximum Gasteiger partial charge on any atom is 0.225 e. The Hall–Kier alpha value is -2.25. The van der Waals surface area contributed by atoms with Gasteiger partial charge in [0.25, 0.3) is 0 Å². The number of aromatic nitrogens is 1. The Balaban J connectivity index is 2.05. The van der Waals surface area contributed by atoms with Crippen LogP contribution >= 0.6 is 0 Å². The fraction of sp³-hybridized carbons (Fsp3) is 0.400. The largest absolute Gasteiger partial charge is 0.326 e. The van der Waals surface area contributed by atoms with Crippen molar-refractivity contribution in [1.82, 2.24) is 9.29 Å². The highest BCUT2D eigenvalue weighted by molar-refractivity contribution is 7.88. The molecule has 27 heavy (non-hydrogen) atoms. The smallest absolute Gasteiger partial charge is 0.225 e. The summed E-state index contributed by atoms with van der Waals surface area (Å²) in [5, 5.41) is 2.91. The highest BCUT2D eigenvalue weighted by Crippen LogP contribution is 2.29. The molecule has 1 aromatic heterocycles. The van der Waals surface area contributed by atoms with Crippen LogP contribution in [-0.2, 0) is 26.8 Å². The minimum Gasteiger partial charge on any atom is -0.326 e. The van der Waals surface area contributed by atoms with Crippen LogP contribution in [0.1, 0.15) is 38.3 Å². The van der Waals surface area contributed by atoms with E-state index in [9.17, 15) is 13.2 Å². The number of sulfonamides is 1. The van der Waals surface area contributed by atoms with E-state index in [1.54, 1.807) is 18.5 Å². The molecule has 0 unspecified atom stereocenters. The van der Waals surface area contributed by atoms with Gasteiger partial charge in [-0.2, -0.15) is 4.31 Å². The molecule has 0 atom stereocenters. The third-order valence-electron chi connectivity index (χ3n) is 4.15. The van der Waals surface area contributed by atoms with Gasteiger partial charge in [-0.1, -0.05) is 45.0 Å². The van der Waals surface area contributed by atoms with Gasteiger partial charge < -0.3 is 5.32 Å². The lowest BCUT2D eigenvalue weighted by molar-refractivity contribution is -0.116. The predicted molar refractivity (Wildman–Crippen MR) is 108 cm³/mol. The molecule has 0 aliphatic heterocycles. The van der Waals surface area contributed by atoms with E-state index in [0.717, 1.165) is 23.1 Å². The molecule has 0 spiro atoms. The zero-order valence-electron chi connectivity index (χ0n) is 16.3. The van der Waals surface area contributed by atoms with Crippen LogP contribution in [0.2, 0.25) is 0 Å². The van der Waals surface area contributed by atoms with Gasteiger partial charge in [-0.05, 0) is 28.7 Å². The van der Waals surface area contributed by atoms with Gasteiger partial charge in [-0.15, -0.1) is 0 Å². The van der Waals surface area contributed by atoms with E-state index in [4.69, 9.17) is 0 Å². The van der Waals surface area contributed by atoms with Crippen LogP contribution in [0.3, 0.4) is 0 Å². The van der Waals surface area contributed by atoms with Crippen molar-refractivity contribution in [3.63, 3.8) is 0 Å². The van der Waals surface area contributed by atoms with E-state index in [-0.39, 0.29) is 30.8 Å². The Kier molecular flexibility index (Phi) is 6.73. The predicted octanol–water partition coefficient (Wildman–Crippen LogP) is 3.17. The van der Waals surface area contributed by atoms with Crippen molar-refractivity contribution >= 4 is 21.6 Å². The van der Waals surface area contributed by atoms with Crippen molar-refractivity contribution in [1.29, 1.82) is 0 Å². The normalized spacial score (nSPS) is 12.2. The first-order valence-corrected chi connectivity index (χ1v) is 10.7. The average Bonchev–Trinajstić information content (AvgIpc) is 2.58. The van der Waals surface area contributed by atoms with Crippen LogP contribution < -0.4 is 5.32 Å². The van der Waals surface area contributed by atoms with E-state index in [2.05, 4.69) is 31.1 Å². The molecule has 0 aliphatic rings. The Bertz CT molecular complexity index is 875. The van der Waals surface area contributed by atoms with Gasteiger partial charge in [0, 0.05) is 37.6 Å². The van der Waals surface area contributed by atoms with E-state index in [1.807, 2.05) is 30.3 Å². The number of benzene rings is 1. The van der Waals surface area contributed by atoms with Crippen LogP contribution in [0.25, 0.3) is 0 Å². The summed E-state index contributed by atoms with van der Waals surface area (Å²) in [6.07, 6.45) is 4.48. The highest BCUT2D eigenvalue weighted by atomic mass is 32.2. The van der Waals surface area contributed by atoms with Gasteiger partial charge in [-0.3, -0.25) is 9.78 Å². The van der Waals surface area contributed by atoms with E-state index >= 15 is 0 Å². The molecule has 0 saturated carbocycles. The number of rotatable bonds is 7. The van der Waals surface area contributed by atoms with Gasteiger partial charge in [-0.25, -0.2) is 8.42 Å². The van der Waals surface area contributed by atoms with E-state index < -0.39 is 10.0 Å². The number of nitrogens with zero attached hydrogens (tertiary/aromatic N) is 2. The topological polar surface area (TPSA) is 79.4 Å². The highest BCUT2D eigenvalue weighted by Gasteiger charge is 2.21. The summed E-state index contributed by atoms with van der Waals surface area (Å²) in [4.78, 5) is 16.4. The summed E-state index contributed by atoms with van der Waals surface area (Å²) >= 11 is 0. The van der Waals surface area contributed by atoms with Crippen LogP contribution in [0, 0.1) is 0 Å². The average molecular weight is 390 g/mol. The number of nitrogens with one attached hydrogen (secondary N) is 1. The van der Waals surface area contributed by atoms with E-state index in [1.165, 1.54) is 4.31 Å². The zero-order chi connectivity index (χ0) is 20.1. The zero-order valence-corrected chi connectivity index (χ0v) is 17.1. The first-order chi connectivity index (χ1) is 12.6. The minimum atomic E-state index is -3.44. The second kappa shape index (κ2) is 8.63. The summed E-state index contributed by atoms with van der Waals surface area (Å²) in [7, 11) is -3.44. The maximum absolute atomic E-state index is 12.4. The van der Waals surface area contributed by atoms with Crippen LogP contribution in [0.5, 0.6) is 0 Å². The Labute approximate surface area is 161 Å². The molecule has 1 amide bonds. The molecule has 146 valence electrons. The molecule has 0 aliphatic carbocycles. The van der Waals surface area contributed by atoms with Crippen molar-refractivity contribution in [2.45, 2.75) is 39.2 Å². The Morgan fingerprint density at radius 1 is 1.15 bits per heavy atom. The Morgan fingerprint density at radius 3 is 2.44 bits per heavy atom. The van der Waals surface area contributed by atoms with Gasteiger partial charge in [0.1, 0.15) is 0 Å². The number of carbonyl (C=O) groups excluding carboxylic acids is 1. The second-order valence-corrected chi connectivity index (χ2v) is 9.53. The summed E-state index contributed by atoms with van der Waals surface area (Å²) in [6.45, 7) is 6.54. The number of para-hydroxylation sites is 1. The molecule has 2 rings (SSSR count). The summed E-state index contributed by atoms with van der Waals surface area (Å²) in [5.74, 6) is -0.216. The monoisotopic (exact) mass is 389 g/mol. The fourth-order valence-electron chi connectivity index (χ4n) is 2.74. The molecule has 1 N–H and O–H groups in total. The lowest BCUT2D eigenvalue weighted by Gasteiger charge is -2.23. The summed E-state index contributed by atoms with van der Waals surface area (Å²) in [5.41, 5.74) is 2.46. The Morgan fingerprint density at radius 2 is 1.85 bits per heavy atom. The summed E-state index contributed by atoms with van der Waals surface area (Å²) < 4.78 is 25.4. The molecular weight excluding hydrogens is 362 g/mol. The number of hydrogen-bond acceptors (Lipinski definition) is 4. The van der Waals surface area contributed by atoms with E-state index in [0.29, 0.717) is 0 Å². The molecule has 0 fully saturated rings. The van der Waals surface area contributed by atoms with Crippen LogP contribution in [-0.4, -0.2) is 36.4 Å². The third kappa shape index (κ3) is 6.45. The molecule has 2 aromatic rings. The standard InChI is InChI=1S/C20H27N3O3S/c1-20(2,3)17-9-5-6-10-18(17)22-19(24)11-13-23(27(4,25)26)15-16-8-7-12-21-14-16/h5-10,12,14H,11,13,15H2,1-4H3,(H,22,24). The summed E-state index contributed by atoms with van der Waals surface area (Å²) in [6, 6.07) is 11.2. The van der Waals surface area contributed by atoms with Crippen LogP contribution in [0.15, 0.2) is 48.8 Å². The molecule has 0 radical (unpaired) electrons.